The van der Waals surface area contributed by atoms with Crippen molar-refractivity contribution < 1.29 is 9.53 Å². The highest BCUT2D eigenvalue weighted by Crippen LogP contribution is 2.24. The number of carbonyl (C=O) groups is 1. The Morgan fingerprint density at radius 3 is 2.80 bits per heavy atom. The van der Waals surface area contributed by atoms with Crippen LogP contribution < -0.4 is 10.1 Å². The van der Waals surface area contributed by atoms with Gasteiger partial charge in [-0.25, -0.2) is 0 Å². The second kappa shape index (κ2) is 5.75. The summed E-state index contributed by atoms with van der Waals surface area (Å²) >= 11 is 3.35. The van der Waals surface area contributed by atoms with Crippen LogP contribution in [0.25, 0.3) is 0 Å². The molecule has 4 heteroatoms. The number of ether oxygens (including phenoxy) is 1. The molecule has 15 heavy (non-hydrogen) atoms. The fourth-order valence-electron chi connectivity index (χ4n) is 1.20. The summed E-state index contributed by atoms with van der Waals surface area (Å²) < 4.78 is 5.98. The molecule has 0 saturated carbocycles. The molecule has 1 amide bonds. The van der Waals surface area contributed by atoms with Crippen molar-refractivity contribution in [1.29, 1.82) is 0 Å². The maximum absolute atomic E-state index is 11.4. The van der Waals surface area contributed by atoms with Crippen LogP contribution in [0.3, 0.4) is 0 Å². The van der Waals surface area contributed by atoms with E-state index in [0.717, 1.165) is 22.3 Å². The average molecular weight is 272 g/mol. The van der Waals surface area contributed by atoms with E-state index < -0.39 is 0 Å². The van der Waals surface area contributed by atoms with Gasteiger partial charge in [-0.05, 0) is 18.6 Å². The van der Waals surface area contributed by atoms with Crippen molar-refractivity contribution in [2.45, 2.75) is 19.8 Å². The Hall–Kier alpha value is -1.03. The molecule has 1 rings (SSSR count). The SMILES string of the molecule is CCCC(=O)Nc1cc(Br)cc(OC)c1. The van der Waals surface area contributed by atoms with E-state index in [1.807, 2.05) is 19.1 Å². The molecule has 0 fully saturated rings. The van der Waals surface area contributed by atoms with Crippen LogP contribution in [-0.2, 0) is 4.79 Å². The van der Waals surface area contributed by atoms with Gasteiger partial charge in [0.2, 0.25) is 5.91 Å². The first-order chi connectivity index (χ1) is 7.15. The molecule has 0 spiro atoms. The Balaban J connectivity index is 2.76. The molecule has 1 aromatic rings. The second-order valence-electron chi connectivity index (χ2n) is 3.18. The molecule has 0 aliphatic carbocycles. The van der Waals surface area contributed by atoms with Gasteiger partial charge in [0.15, 0.2) is 0 Å². The van der Waals surface area contributed by atoms with Crippen molar-refractivity contribution in [1.82, 2.24) is 0 Å². The van der Waals surface area contributed by atoms with Crippen LogP contribution in [0.4, 0.5) is 5.69 Å². The highest BCUT2D eigenvalue weighted by atomic mass is 79.9. The molecule has 0 heterocycles. The zero-order chi connectivity index (χ0) is 11.3. The number of carbonyl (C=O) groups excluding carboxylic acids is 1. The monoisotopic (exact) mass is 271 g/mol. The number of halogens is 1. The number of benzene rings is 1. The minimum atomic E-state index is 0.0256. The van der Waals surface area contributed by atoms with Gasteiger partial charge >= 0.3 is 0 Å². The van der Waals surface area contributed by atoms with Crippen LogP contribution in [0.5, 0.6) is 5.75 Å². The maximum Gasteiger partial charge on any atom is 0.224 e. The molecule has 0 saturated heterocycles. The van der Waals surface area contributed by atoms with Crippen molar-refractivity contribution in [3.63, 3.8) is 0 Å². The van der Waals surface area contributed by atoms with E-state index in [4.69, 9.17) is 4.74 Å². The molecule has 0 aliphatic heterocycles. The molecule has 1 N–H and O–H groups in total. The fourth-order valence-corrected chi connectivity index (χ4v) is 1.68. The minimum Gasteiger partial charge on any atom is -0.497 e. The summed E-state index contributed by atoms with van der Waals surface area (Å²) in [5, 5.41) is 2.81. The lowest BCUT2D eigenvalue weighted by Crippen LogP contribution is -2.10. The predicted octanol–water partition coefficient (Wildman–Crippen LogP) is 3.20. The smallest absolute Gasteiger partial charge is 0.224 e. The first kappa shape index (κ1) is 12.0. The predicted molar refractivity (Wildman–Crippen MR) is 64.2 cm³/mol. The standard InChI is InChI=1S/C11H14BrNO2/c1-3-4-11(14)13-9-5-8(12)6-10(7-9)15-2/h5-7H,3-4H2,1-2H3,(H,13,14). The van der Waals surface area contributed by atoms with E-state index in [-0.39, 0.29) is 5.91 Å². The normalized spacial score (nSPS) is 9.80. The Bertz CT molecular complexity index is 352. The summed E-state index contributed by atoms with van der Waals surface area (Å²) in [4.78, 5) is 11.4. The summed E-state index contributed by atoms with van der Waals surface area (Å²) in [6, 6.07) is 5.48. The van der Waals surface area contributed by atoms with E-state index in [9.17, 15) is 4.79 Å². The molecule has 82 valence electrons. The molecular formula is C11H14BrNO2. The Labute approximate surface area is 97.9 Å². The first-order valence-corrected chi connectivity index (χ1v) is 5.59. The lowest BCUT2D eigenvalue weighted by Gasteiger charge is -2.07. The lowest BCUT2D eigenvalue weighted by atomic mass is 10.2. The van der Waals surface area contributed by atoms with Crippen LogP contribution >= 0.6 is 15.9 Å². The third-order valence-electron chi connectivity index (χ3n) is 1.87. The van der Waals surface area contributed by atoms with Crippen LogP contribution in [0.15, 0.2) is 22.7 Å². The first-order valence-electron chi connectivity index (χ1n) is 4.80. The topological polar surface area (TPSA) is 38.3 Å². The fraction of sp³-hybridized carbons (Fsp3) is 0.364. The van der Waals surface area contributed by atoms with Gasteiger partial charge in [-0.1, -0.05) is 22.9 Å². The number of anilines is 1. The number of nitrogens with one attached hydrogen (secondary N) is 1. The van der Waals surface area contributed by atoms with Gasteiger partial charge in [-0.3, -0.25) is 4.79 Å². The van der Waals surface area contributed by atoms with E-state index >= 15 is 0 Å². The molecule has 0 aliphatic rings. The zero-order valence-corrected chi connectivity index (χ0v) is 10.4. The molecule has 0 unspecified atom stereocenters. The second-order valence-corrected chi connectivity index (χ2v) is 4.09. The largest absolute Gasteiger partial charge is 0.497 e. The van der Waals surface area contributed by atoms with E-state index in [2.05, 4.69) is 21.2 Å². The third kappa shape index (κ3) is 3.91. The van der Waals surface area contributed by atoms with Gasteiger partial charge in [0.1, 0.15) is 5.75 Å². The van der Waals surface area contributed by atoms with E-state index in [1.165, 1.54) is 0 Å². The van der Waals surface area contributed by atoms with E-state index in [0.29, 0.717) is 6.42 Å². The molecular weight excluding hydrogens is 258 g/mol. The van der Waals surface area contributed by atoms with Crippen molar-refractivity contribution in [2.24, 2.45) is 0 Å². The van der Waals surface area contributed by atoms with Gasteiger partial charge in [0, 0.05) is 22.6 Å². The Morgan fingerprint density at radius 1 is 1.47 bits per heavy atom. The zero-order valence-electron chi connectivity index (χ0n) is 8.84. The average Bonchev–Trinajstić information content (AvgIpc) is 2.17. The molecule has 0 bridgehead atoms. The van der Waals surface area contributed by atoms with Crippen molar-refractivity contribution in [3.05, 3.63) is 22.7 Å². The number of hydrogen-bond donors (Lipinski definition) is 1. The number of rotatable bonds is 4. The highest BCUT2D eigenvalue weighted by Gasteiger charge is 2.03. The van der Waals surface area contributed by atoms with Crippen LogP contribution in [0.2, 0.25) is 0 Å². The van der Waals surface area contributed by atoms with Gasteiger partial charge in [-0.15, -0.1) is 0 Å². The number of methoxy groups -OCH3 is 1. The number of hydrogen-bond acceptors (Lipinski definition) is 2. The summed E-state index contributed by atoms with van der Waals surface area (Å²) in [6.45, 7) is 1.97. The molecule has 0 atom stereocenters. The van der Waals surface area contributed by atoms with Crippen molar-refractivity contribution in [3.8, 4) is 5.75 Å². The van der Waals surface area contributed by atoms with Gasteiger partial charge in [-0.2, -0.15) is 0 Å². The number of amides is 1. The Kier molecular flexibility index (Phi) is 4.62. The van der Waals surface area contributed by atoms with Crippen molar-refractivity contribution in [2.75, 3.05) is 12.4 Å². The third-order valence-corrected chi connectivity index (χ3v) is 2.33. The molecule has 0 radical (unpaired) electrons. The highest BCUT2D eigenvalue weighted by molar-refractivity contribution is 9.10. The van der Waals surface area contributed by atoms with Crippen LogP contribution in [-0.4, -0.2) is 13.0 Å². The van der Waals surface area contributed by atoms with Crippen LogP contribution in [0.1, 0.15) is 19.8 Å². The summed E-state index contributed by atoms with van der Waals surface area (Å²) in [6.07, 6.45) is 1.38. The van der Waals surface area contributed by atoms with Gasteiger partial charge in [0.05, 0.1) is 7.11 Å². The summed E-state index contributed by atoms with van der Waals surface area (Å²) in [5.41, 5.74) is 0.750. The van der Waals surface area contributed by atoms with Gasteiger partial charge in [0.25, 0.3) is 0 Å². The lowest BCUT2D eigenvalue weighted by molar-refractivity contribution is -0.116. The van der Waals surface area contributed by atoms with Gasteiger partial charge < -0.3 is 10.1 Å². The quantitative estimate of drug-likeness (QED) is 0.914. The summed E-state index contributed by atoms with van der Waals surface area (Å²) in [5.74, 6) is 0.744. The van der Waals surface area contributed by atoms with Crippen LogP contribution in [0, 0.1) is 0 Å². The minimum absolute atomic E-state index is 0.0256. The maximum atomic E-state index is 11.4. The molecule has 3 nitrogen and oxygen atoms in total. The van der Waals surface area contributed by atoms with Crippen molar-refractivity contribution >= 4 is 27.5 Å². The Morgan fingerprint density at radius 2 is 2.20 bits per heavy atom. The van der Waals surface area contributed by atoms with E-state index in [1.54, 1.807) is 13.2 Å². The molecule has 1 aromatic carbocycles. The molecule has 0 aromatic heterocycles. The summed E-state index contributed by atoms with van der Waals surface area (Å²) in [7, 11) is 1.60.